The number of carbonyl (C=O) groups is 1. The minimum atomic E-state index is 0.217. The van der Waals surface area contributed by atoms with Crippen LogP contribution >= 0.6 is 0 Å². The molecule has 1 saturated heterocycles. The number of hydrogen-bond donors (Lipinski definition) is 1. The van der Waals surface area contributed by atoms with Gasteiger partial charge in [0.15, 0.2) is 0 Å². The molecule has 0 bridgehead atoms. The van der Waals surface area contributed by atoms with E-state index in [1.54, 1.807) is 0 Å². The molecule has 1 heterocycles. The normalized spacial score (nSPS) is 30.2. The molecule has 2 aliphatic carbocycles. The van der Waals surface area contributed by atoms with Gasteiger partial charge in [-0.05, 0) is 68.5 Å². The number of likely N-dealkylation sites (tertiary alicyclic amines) is 1. The first-order valence-corrected chi connectivity index (χ1v) is 9.92. The van der Waals surface area contributed by atoms with Crippen LogP contribution in [0, 0.1) is 5.92 Å². The minimum Gasteiger partial charge on any atom is -0.348 e. The van der Waals surface area contributed by atoms with Gasteiger partial charge in [-0.15, -0.1) is 0 Å². The van der Waals surface area contributed by atoms with Gasteiger partial charge in [0, 0.05) is 6.04 Å². The molecule has 3 heteroatoms. The molecule has 130 valence electrons. The topological polar surface area (TPSA) is 32.3 Å². The summed E-state index contributed by atoms with van der Waals surface area (Å²) in [5, 5.41) is 3.34. The molecular weight excluding hydrogens is 296 g/mol. The zero-order valence-electron chi connectivity index (χ0n) is 14.7. The van der Waals surface area contributed by atoms with Crippen molar-refractivity contribution in [3.63, 3.8) is 0 Å². The van der Waals surface area contributed by atoms with Crippen molar-refractivity contribution >= 4 is 5.91 Å². The molecule has 1 saturated carbocycles. The lowest BCUT2D eigenvalue weighted by atomic mass is 9.78. The average molecular weight is 326 g/mol. The van der Waals surface area contributed by atoms with Crippen molar-refractivity contribution < 1.29 is 4.79 Å². The Morgan fingerprint density at radius 3 is 2.83 bits per heavy atom. The second-order valence-electron chi connectivity index (χ2n) is 7.94. The Bertz CT molecular complexity index is 583. The summed E-state index contributed by atoms with van der Waals surface area (Å²) in [7, 11) is 0. The Morgan fingerprint density at radius 1 is 1.04 bits per heavy atom. The molecule has 0 spiro atoms. The second-order valence-corrected chi connectivity index (χ2v) is 7.94. The first-order chi connectivity index (χ1) is 11.8. The summed E-state index contributed by atoms with van der Waals surface area (Å²) in [6.07, 6.45) is 11.4. The number of benzene rings is 1. The van der Waals surface area contributed by atoms with Gasteiger partial charge >= 0.3 is 0 Å². The van der Waals surface area contributed by atoms with Crippen LogP contribution in [0.4, 0.5) is 0 Å². The molecule has 3 atom stereocenters. The molecular formula is C21H30N2O. The van der Waals surface area contributed by atoms with E-state index in [0.717, 1.165) is 25.3 Å². The van der Waals surface area contributed by atoms with Gasteiger partial charge < -0.3 is 5.32 Å². The number of amides is 1. The SMILES string of the molecule is O=C(CN1CCC[C@H]2CCCC[C@@H]21)N[C@@H]1CCCc2ccccc21. The Morgan fingerprint density at radius 2 is 1.88 bits per heavy atom. The van der Waals surface area contributed by atoms with E-state index >= 15 is 0 Å². The van der Waals surface area contributed by atoms with Gasteiger partial charge in [-0.25, -0.2) is 0 Å². The van der Waals surface area contributed by atoms with Crippen molar-refractivity contribution in [2.75, 3.05) is 13.1 Å². The molecule has 1 N–H and O–H groups in total. The van der Waals surface area contributed by atoms with E-state index in [9.17, 15) is 4.79 Å². The largest absolute Gasteiger partial charge is 0.348 e. The number of nitrogens with zero attached hydrogens (tertiary/aromatic N) is 1. The van der Waals surface area contributed by atoms with E-state index in [2.05, 4.69) is 34.5 Å². The van der Waals surface area contributed by atoms with Crippen molar-refractivity contribution in [2.45, 2.75) is 69.9 Å². The van der Waals surface area contributed by atoms with E-state index in [0.29, 0.717) is 12.6 Å². The number of fused-ring (bicyclic) bond motifs is 2. The zero-order chi connectivity index (χ0) is 16.4. The summed E-state index contributed by atoms with van der Waals surface area (Å²) >= 11 is 0. The smallest absolute Gasteiger partial charge is 0.234 e. The number of nitrogens with one attached hydrogen (secondary N) is 1. The van der Waals surface area contributed by atoms with Crippen molar-refractivity contribution in [2.24, 2.45) is 5.92 Å². The zero-order valence-corrected chi connectivity index (χ0v) is 14.7. The summed E-state index contributed by atoms with van der Waals surface area (Å²) in [6.45, 7) is 1.70. The van der Waals surface area contributed by atoms with Gasteiger partial charge in [-0.1, -0.05) is 37.1 Å². The van der Waals surface area contributed by atoms with Crippen LogP contribution in [0.25, 0.3) is 0 Å². The van der Waals surface area contributed by atoms with Crippen molar-refractivity contribution in [3.05, 3.63) is 35.4 Å². The maximum atomic E-state index is 12.7. The molecule has 0 radical (unpaired) electrons. The van der Waals surface area contributed by atoms with Crippen LogP contribution < -0.4 is 5.32 Å². The van der Waals surface area contributed by atoms with Crippen LogP contribution in [0.5, 0.6) is 0 Å². The fourth-order valence-corrected chi connectivity index (χ4v) is 5.25. The summed E-state index contributed by atoms with van der Waals surface area (Å²) in [4.78, 5) is 15.2. The Labute approximate surface area is 145 Å². The predicted molar refractivity (Wildman–Crippen MR) is 96.8 cm³/mol. The molecule has 1 aromatic rings. The van der Waals surface area contributed by atoms with E-state index in [4.69, 9.17) is 0 Å². The van der Waals surface area contributed by atoms with Gasteiger partial charge in [0.05, 0.1) is 12.6 Å². The molecule has 2 fully saturated rings. The molecule has 0 aromatic heterocycles. The first kappa shape index (κ1) is 16.1. The van der Waals surface area contributed by atoms with Crippen LogP contribution in [-0.4, -0.2) is 29.9 Å². The van der Waals surface area contributed by atoms with Crippen LogP contribution in [-0.2, 0) is 11.2 Å². The molecule has 3 nitrogen and oxygen atoms in total. The fraction of sp³-hybridized carbons (Fsp3) is 0.667. The average Bonchev–Trinajstić information content (AvgIpc) is 2.62. The van der Waals surface area contributed by atoms with Crippen molar-refractivity contribution in [3.8, 4) is 0 Å². The fourth-order valence-electron chi connectivity index (χ4n) is 5.25. The van der Waals surface area contributed by atoms with Gasteiger partial charge in [-0.3, -0.25) is 9.69 Å². The molecule has 1 aromatic carbocycles. The van der Waals surface area contributed by atoms with E-state index in [-0.39, 0.29) is 11.9 Å². The predicted octanol–water partition coefficient (Wildman–Crippen LogP) is 3.83. The lowest BCUT2D eigenvalue weighted by Gasteiger charge is -2.44. The van der Waals surface area contributed by atoms with Gasteiger partial charge in [0.2, 0.25) is 5.91 Å². The van der Waals surface area contributed by atoms with E-state index in [1.807, 2.05) is 0 Å². The summed E-state index contributed by atoms with van der Waals surface area (Å²) in [5.74, 6) is 1.07. The standard InChI is InChI=1S/C21H30N2O/c24-21(15-23-14-6-10-17-8-2-4-13-20(17)23)22-19-12-5-9-16-7-1-3-11-18(16)19/h1,3,7,11,17,19-20H,2,4-6,8-10,12-15H2,(H,22,24)/t17-,19-,20+/m1/s1. The number of hydrogen-bond acceptors (Lipinski definition) is 2. The molecule has 3 aliphatic rings. The summed E-state index contributed by atoms with van der Waals surface area (Å²) in [6, 6.07) is 9.49. The molecule has 1 aliphatic heterocycles. The minimum absolute atomic E-state index is 0.217. The second kappa shape index (κ2) is 7.26. The first-order valence-electron chi connectivity index (χ1n) is 9.92. The van der Waals surface area contributed by atoms with E-state index in [1.165, 1.54) is 56.1 Å². The number of aryl methyl sites for hydroxylation is 1. The highest BCUT2D eigenvalue weighted by molar-refractivity contribution is 5.78. The van der Waals surface area contributed by atoms with Crippen LogP contribution in [0.15, 0.2) is 24.3 Å². The maximum absolute atomic E-state index is 12.7. The highest BCUT2D eigenvalue weighted by Crippen LogP contribution is 2.35. The highest BCUT2D eigenvalue weighted by Gasteiger charge is 2.34. The van der Waals surface area contributed by atoms with Gasteiger partial charge in [0.25, 0.3) is 0 Å². The van der Waals surface area contributed by atoms with Crippen LogP contribution in [0.1, 0.15) is 68.5 Å². The Hall–Kier alpha value is -1.35. The summed E-state index contributed by atoms with van der Waals surface area (Å²) in [5.41, 5.74) is 2.76. The van der Waals surface area contributed by atoms with Gasteiger partial charge in [0.1, 0.15) is 0 Å². The van der Waals surface area contributed by atoms with Gasteiger partial charge in [-0.2, -0.15) is 0 Å². The molecule has 24 heavy (non-hydrogen) atoms. The number of piperidine rings is 1. The summed E-state index contributed by atoms with van der Waals surface area (Å²) < 4.78 is 0. The third-order valence-corrected chi connectivity index (χ3v) is 6.41. The Balaban J connectivity index is 1.38. The lowest BCUT2D eigenvalue weighted by molar-refractivity contribution is -0.124. The van der Waals surface area contributed by atoms with Crippen molar-refractivity contribution in [1.29, 1.82) is 0 Å². The van der Waals surface area contributed by atoms with E-state index < -0.39 is 0 Å². The quantitative estimate of drug-likeness (QED) is 0.915. The number of carbonyl (C=O) groups excluding carboxylic acids is 1. The third kappa shape index (κ3) is 3.37. The highest BCUT2D eigenvalue weighted by atomic mass is 16.2. The third-order valence-electron chi connectivity index (χ3n) is 6.41. The molecule has 1 amide bonds. The monoisotopic (exact) mass is 326 g/mol. The van der Waals surface area contributed by atoms with Crippen LogP contribution in [0.3, 0.4) is 0 Å². The lowest BCUT2D eigenvalue weighted by Crippen LogP contribution is -2.50. The maximum Gasteiger partial charge on any atom is 0.234 e. The number of rotatable bonds is 3. The Kier molecular flexibility index (Phi) is 4.88. The molecule has 4 rings (SSSR count). The van der Waals surface area contributed by atoms with Crippen molar-refractivity contribution in [1.82, 2.24) is 10.2 Å². The molecule has 0 unspecified atom stereocenters. The van der Waals surface area contributed by atoms with Crippen LogP contribution in [0.2, 0.25) is 0 Å².